The van der Waals surface area contributed by atoms with E-state index in [1.807, 2.05) is 6.92 Å². The summed E-state index contributed by atoms with van der Waals surface area (Å²) >= 11 is 0. The highest BCUT2D eigenvalue weighted by Crippen LogP contribution is 2.16. The van der Waals surface area contributed by atoms with E-state index in [2.05, 4.69) is 28.7 Å². The van der Waals surface area contributed by atoms with E-state index in [0.717, 1.165) is 24.5 Å². The number of aliphatic hydroxyl groups is 1. The van der Waals surface area contributed by atoms with Gasteiger partial charge in [0.25, 0.3) is 0 Å². The minimum atomic E-state index is 0.211. The average Bonchev–Trinajstić information content (AvgIpc) is 2.20. The van der Waals surface area contributed by atoms with Crippen LogP contribution in [0, 0.1) is 6.92 Å². The molecule has 0 unspecified atom stereocenters. The van der Waals surface area contributed by atoms with Gasteiger partial charge in [0.15, 0.2) is 0 Å². The van der Waals surface area contributed by atoms with Gasteiger partial charge in [0.05, 0.1) is 5.69 Å². The fraction of sp³-hybridized carbons (Fsp3) is 0.636. The molecule has 15 heavy (non-hydrogen) atoms. The van der Waals surface area contributed by atoms with E-state index in [4.69, 9.17) is 5.11 Å². The SMILES string of the molecule is Cc1nccnc1N(CCCO)C(C)C. The number of aliphatic hydroxyl groups excluding tert-OH is 1. The van der Waals surface area contributed by atoms with Gasteiger partial charge >= 0.3 is 0 Å². The van der Waals surface area contributed by atoms with E-state index in [-0.39, 0.29) is 6.61 Å². The smallest absolute Gasteiger partial charge is 0.150 e. The predicted octanol–water partition coefficient (Wildman–Crippen LogP) is 1.38. The quantitative estimate of drug-likeness (QED) is 0.796. The molecule has 0 aromatic carbocycles. The number of aryl methyl sites for hydroxylation is 1. The highest BCUT2D eigenvalue weighted by molar-refractivity contribution is 5.42. The first-order chi connectivity index (χ1) is 7.16. The molecule has 1 N–H and O–H groups in total. The Kier molecular flexibility index (Phi) is 4.49. The second-order valence-electron chi connectivity index (χ2n) is 3.83. The zero-order chi connectivity index (χ0) is 11.3. The number of aromatic nitrogens is 2. The lowest BCUT2D eigenvalue weighted by molar-refractivity contribution is 0.288. The van der Waals surface area contributed by atoms with Gasteiger partial charge in [-0.15, -0.1) is 0 Å². The molecule has 1 aromatic heterocycles. The second-order valence-corrected chi connectivity index (χ2v) is 3.83. The van der Waals surface area contributed by atoms with Gasteiger partial charge in [0.2, 0.25) is 0 Å². The Morgan fingerprint density at radius 1 is 1.33 bits per heavy atom. The zero-order valence-corrected chi connectivity index (χ0v) is 9.64. The highest BCUT2D eigenvalue weighted by Gasteiger charge is 2.13. The lowest BCUT2D eigenvalue weighted by Gasteiger charge is -2.28. The van der Waals surface area contributed by atoms with Crippen molar-refractivity contribution in [3.05, 3.63) is 18.1 Å². The third-order valence-electron chi connectivity index (χ3n) is 2.31. The molecule has 1 rings (SSSR count). The molecule has 0 atom stereocenters. The van der Waals surface area contributed by atoms with Crippen LogP contribution in [0.5, 0.6) is 0 Å². The first-order valence-electron chi connectivity index (χ1n) is 5.32. The predicted molar refractivity (Wildman–Crippen MR) is 61.0 cm³/mol. The standard InChI is InChI=1S/C11H19N3O/c1-9(2)14(7-4-8-15)11-10(3)12-5-6-13-11/h5-6,9,15H,4,7-8H2,1-3H3. The molecule has 0 saturated carbocycles. The molecule has 0 aliphatic carbocycles. The molecular weight excluding hydrogens is 190 g/mol. The first kappa shape index (κ1) is 11.9. The van der Waals surface area contributed by atoms with Crippen LogP contribution in [0.4, 0.5) is 5.82 Å². The van der Waals surface area contributed by atoms with Crippen LogP contribution in [0.3, 0.4) is 0 Å². The van der Waals surface area contributed by atoms with Crippen LogP contribution in [-0.2, 0) is 0 Å². The first-order valence-corrected chi connectivity index (χ1v) is 5.32. The van der Waals surface area contributed by atoms with Crippen molar-refractivity contribution in [1.82, 2.24) is 9.97 Å². The van der Waals surface area contributed by atoms with E-state index in [0.29, 0.717) is 6.04 Å². The van der Waals surface area contributed by atoms with Crippen molar-refractivity contribution in [2.75, 3.05) is 18.1 Å². The summed E-state index contributed by atoms with van der Waals surface area (Å²) in [6, 6.07) is 0.368. The van der Waals surface area contributed by atoms with Crippen molar-refractivity contribution in [3.8, 4) is 0 Å². The average molecular weight is 209 g/mol. The molecule has 0 aliphatic rings. The van der Waals surface area contributed by atoms with Crippen molar-refractivity contribution >= 4 is 5.82 Å². The van der Waals surface area contributed by atoms with E-state index < -0.39 is 0 Å². The molecule has 1 heterocycles. The molecule has 84 valence electrons. The van der Waals surface area contributed by atoms with Gasteiger partial charge in [-0.25, -0.2) is 4.98 Å². The van der Waals surface area contributed by atoms with Crippen LogP contribution in [-0.4, -0.2) is 34.3 Å². The summed E-state index contributed by atoms with van der Waals surface area (Å²) in [6.45, 7) is 7.21. The monoisotopic (exact) mass is 209 g/mol. The van der Waals surface area contributed by atoms with Gasteiger partial charge in [0, 0.05) is 31.6 Å². The minimum absolute atomic E-state index is 0.211. The van der Waals surface area contributed by atoms with Gasteiger partial charge in [0.1, 0.15) is 5.82 Å². The van der Waals surface area contributed by atoms with Crippen LogP contribution >= 0.6 is 0 Å². The lowest BCUT2D eigenvalue weighted by Crippen LogP contribution is -2.33. The van der Waals surface area contributed by atoms with E-state index in [1.54, 1.807) is 12.4 Å². The van der Waals surface area contributed by atoms with Crippen molar-refractivity contribution in [3.63, 3.8) is 0 Å². The van der Waals surface area contributed by atoms with Crippen LogP contribution in [0.2, 0.25) is 0 Å². The van der Waals surface area contributed by atoms with E-state index in [9.17, 15) is 0 Å². The van der Waals surface area contributed by atoms with Gasteiger partial charge in [-0.3, -0.25) is 4.98 Å². The van der Waals surface area contributed by atoms with E-state index >= 15 is 0 Å². The molecule has 0 spiro atoms. The van der Waals surface area contributed by atoms with E-state index in [1.165, 1.54) is 0 Å². The number of anilines is 1. The molecule has 4 heteroatoms. The Bertz CT molecular complexity index is 302. The Hall–Kier alpha value is -1.16. The van der Waals surface area contributed by atoms with Crippen molar-refractivity contribution < 1.29 is 5.11 Å². The lowest BCUT2D eigenvalue weighted by atomic mass is 10.2. The second kappa shape index (κ2) is 5.66. The minimum Gasteiger partial charge on any atom is -0.396 e. The summed E-state index contributed by atoms with van der Waals surface area (Å²) in [6.07, 6.45) is 4.16. The Balaban J connectivity index is 2.84. The van der Waals surface area contributed by atoms with Gasteiger partial charge in [-0.2, -0.15) is 0 Å². The van der Waals surface area contributed by atoms with Crippen LogP contribution in [0.15, 0.2) is 12.4 Å². The van der Waals surface area contributed by atoms with Gasteiger partial charge < -0.3 is 10.0 Å². The van der Waals surface area contributed by atoms with Crippen molar-refractivity contribution in [2.24, 2.45) is 0 Å². The Labute approximate surface area is 91.0 Å². The number of hydrogen-bond donors (Lipinski definition) is 1. The topological polar surface area (TPSA) is 49.2 Å². The Morgan fingerprint density at radius 2 is 2.00 bits per heavy atom. The largest absolute Gasteiger partial charge is 0.396 e. The Morgan fingerprint density at radius 3 is 2.53 bits per heavy atom. The van der Waals surface area contributed by atoms with Gasteiger partial charge in [-0.05, 0) is 27.2 Å². The summed E-state index contributed by atoms with van der Waals surface area (Å²) in [5, 5.41) is 8.85. The summed E-state index contributed by atoms with van der Waals surface area (Å²) in [7, 11) is 0. The third kappa shape index (κ3) is 3.16. The van der Waals surface area contributed by atoms with Crippen molar-refractivity contribution in [1.29, 1.82) is 0 Å². The molecule has 0 fully saturated rings. The summed E-state index contributed by atoms with van der Waals surface area (Å²) in [4.78, 5) is 10.7. The maximum absolute atomic E-state index is 8.85. The fourth-order valence-corrected chi connectivity index (χ4v) is 1.53. The van der Waals surface area contributed by atoms with Gasteiger partial charge in [-0.1, -0.05) is 0 Å². The van der Waals surface area contributed by atoms with Crippen LogP contribution in [0.1, 0.15) is 26.0 Å². The molecular formula is C11H19N3O. The normalized spacial score (nSPS) is 10.7. The molecule has 0 amide bonds. The molecule has 0 bridgehead atoms. The highest BCUT2D eigenvalue weighted by atomic mass is 16.3. The molecule has 0 aliphatic heterocycles. The van der Waals surface area contributed by atoms with Crippen molar-refractivity contribution in [2.45, 2.75) is 33.2 Å². The molecule has 1 aromatic rings. The zero-order valence-electron chi connectivity index (χ0n) is 9.64. The molecule has 0 radical (unpaired) electrons. The number of rotatable bonds is 5. The summed E-state index contributed by atoms with van der Waals surface area (Å²) in [5.74, 6) is 0.918. The van der Waals surface area contributed by atoms with Crippen LogP contribution in [0.25, 0.3) is 0 Å². The number of hydrogen-bond acceptors (Lipinski definition) is 4. The molecule has 0 saturated heterocycles. The summed E-state index contributed by atoms with van der Waals surface area (Å²) < 4.78 is 0. The fourth-order valence-electron chi connectivity index (χ4n) is 1.53. The maximum atomic E-state index is 8.85. The number of nitrogens with zero attached hydrogens (tertiary/aromatic N) is 3. The molecule has 4 nitrogen and oxygen atoms in total. The van der Waals surface area contributed by atoms with Crippen LogP contribution < -0.4 is 4.90 Å². The summed E-state index contributed by atoms with van der Waals surface area (Å²) in [5.41, 5.74) is 0.934. The maximum Gasteiger partial charge on any atom is 0.150 e. The third-order valence-corrected chi connectivity index (χ3v) is 2.31.